The summed E-state index contributed by atoms with van der Waals surface area (Å²) >= 11 is 0. The largest absolute Gasteiger partial charge is 0.265 e. The van der Waals surface area contributed by atoms with E-state index in [9.17, 15) is 0 Å². The number of rotatable bonds is 0. The van der Waals surface area contributed by atoms with Crippen LogP contribution in [0.4, 0.5) is 0 Å². The number of hydrogen-bond donors (Lipinski definition) is 0. The lowest BCUT2D eigenvalue weighted by molar-refractivity contribution is 1.33. The fourth-order valence-electron chi connectivity index (χ4n) is 2.20. The first-order valence-electron chi connectivity index (χ1n) is 6.66. The van der Waals surface area contributed by atoms with Crippen LogP contribution in [0, 0.1) is 0 Å². The predicted molar refractivity (Wildman–Crippen MR) is 85.7 cm³/mol. The van der Waals surface area contributed by atoms with E-state index in [-0.39, 0.29) is 0 Å². The number of hydrogen-bond acceptors (Lipinski definition) is 1. The molecule has 0 bridgehead atoms. The summed E-state index contributed by atoms with van der Waals surface area (Å²) in [6, 6.07) is 27.1. The lowest BCUT2D eigenvalue weighted by atomic mass is 10.0. The fraction of sp³-hybridized carbons (Fsp3) is 0. The minimum atomic E-state index is 1.31. The highest BCUT2D eigenvalue weighted by Gasteiger charge is 1.95. The number of aromatic nitrogens is 1. The normalized spacial score (nSPS) is 10.0. The van der Waals surface area contributed by atoms with E-state index in [2.05, 4.69) is 65.6 Å². The van der Waals surface area contributed by atoms with E-state index < -0.39 is 0 Å². The van der Waals surface area contributed by atoms with E-state index >= 15 is 0 Å². The van der Waals surface area contributed by atoms with Gasteiger partial charge in [-0.3, -0.25) is 4.98 Å². The maximum atomic E-state index is 3.78. The first kappa shape index (κ1) is 12.4. The zero-order valence-electron chi connectivity index (χ0n) is 11.1. The highest BCUT2D eigenvalue weighted by molar-refractivity contribution is 5.98. The Morgan fingerprint density at radius 2 is 0.850 bits per heavy atom. The van der Waals surface area contributed by atoms with Gasteiger partial charge in [0, 0.05) is 12.4 Å². The smallest absolute Gasteiger partial charge is 0.0267 e. The first-order chi connectivity index (χ1) is 9.93. The molecular formula is C19H15N. The Hall–Kier alpha value is -2.67. The first-order valence-corrected chi connectivity index (χ1v) is 6.66. The van der Waals surface area contributed by atoms with Crippen LogP contribution in [0.15, 0.2) is 91.3 Å². The molecule has 1 heterocycles. The van der Waals surface area contributed by atoms with E-state index in [0.29, 0.717) is 0 Å². The molecule has 96 valence electrons. The van der Waals surface area contributed by atoms with Gasteiger partial charge < -0.3 is 0 Å². The van der Waals surface area contributed by atoms with E-state index in [1.54, 1.807) is 12.4 Å². The lowest BCUT2D eigenvalue weighted by Crippen LogP contribution is -1.74. The maximum Gasteiger partial charge on any atom is 0.0267 e. The summed E-state index contributed by atoms with van der Waals surface area (Å²) in [7, 11) is 0. The molecule has 20 heavy (non-hydrogen) atoms. The summed E-state index contributed by atoms with van der Waals surface area (Å²) in [5.74, 6) is 0. The van der Waals surface area contributed by atoms with Crippen LogP contribution in [0.5, 0.6) is 0 Å². The van der Waals surface area contributed by atoms with Crippen LogP contribution in [-0.2, 0) is 0 Å². The zero-order valence-corrected chi connectivity index (χ0v) is 11.1. The SMILES string of the molecule is c1ccc2cc3ccccc3cc2c1.c1ccncc1. The maximum absolute atomic E-state index is 3.78. The second kappa shape index (κ2) is 5.98. The summed E-state index contributed by atoms with van der Waals surface area (Å²) in [4.78, 5) is 3.78. The molecule has 0 saturated carbocycles. The number of fused-ring (bicyclic) bond motifs is 2. The lowest BCUT2D eigenvalue weighted by Gasteiger charge is -2.00. The molecule has 0 saturated heterocycles. The molecule has 0 radical (unpaired) electrons. The van der Waals surface area contributed by atoms with Gasteiger partial charge in [0.25, 0.3) is 0 Å². The molecule has 0 aliphatic carbocycles. The average Bonchev–Trinajstić information content (AvgIpc) is 2.55. The van der Waals surface area contributed by atoms with Crippen LogP contribution >= 0.6 is 0 Å². The van der Waals surface area contributed by atoms with Crippen molar-refractivity contribution in [2.24, 2.45) is 0 Å². The molecule has 0 unspecified atom stereocenters. The summed E-state index contributed by atoms with van der Waals surface area (Å²) in [6.07, 6.45) is 3.50. The van der Waals surface area contributed by atoms with Crippen molar-refractivity contribution in [1.29, 1.82) is 0 Å². The Morgan fingerprint density at radius 3 is 1.10 bits per heavy atom. The van der Waals surface area contributed by atoms with Crippen molar-refractivity contribution in [3.05, 3.63) is 91.3 Å². The van der Waals surface area contributed by atoms with Crippen molar-refractivity contribution >= 4 is 21.5 Å². The molecule has 0 aliphatic heterocycles. The van der Waals surface area contributed by atoms with Crippen LogP contribution in [0.1, 0.15) is 0 Å². The molecule has 0 spiro atoms. The van der Waals surface area contributed by atoms with Crippen LogP contribution in [-0.4, -0.2) is 4.98 Å². The average molecular weight is 257 g/mol. The second-order valence-corrected chi connectivity index (χ2v) is 4.57. The monoisotopic (exact) mass is 257 g/mol. The molecule has 1 nitrogen and oxygen atoms in total. The molecule has 1 aromatic heterocycles. The Bertz CT molecular complexity index is 675. The van der Waals surface area contributed by atoms with Gasteiger partial charge in [-0.15, -0.1) is 0 Å². The Kier molecular flexibility index (Phi) is 3.70. The topological polar surface area (TPSA) is 12.9 Å². The number of nitrogens with zero attached hydrogens (tertiary/aromatic N) is 1. The van der Waals surface area contributed by atoms with Gasteiger partial charge in [0.05, 0.1) is 0 Å². The van der Waals surface area contributed by atoms with Crippen LogP contribution < -0.4 is 0 Å². The zero-order chi connectivity index (χ0) is 13.6. The van der Waals surface area contributed by atoms with E-state index in [1.165, 1.54) is 21.5 Å². The van der Waals surface area contributed by atoms with Crippen LogP contribution in [0.3, 0.4) is 0 Å². The summed E-state index contributed by atoms with van der Waals surface area (Å²) in [5, 5.41) is 5.25. The van der Waals surface area contributed by atoms with Crippen molar-refractivity contribution in [1.82, 2.24) is 4.98 Å². The van der Waals surface area contributed by atoms with Crippen LogP contribution in [0.25, 0.3) is 21.5 Å². The van der Waals surface area contributed by atoms with E-state index in [4.69, 9.17) is 0 Å². The van der Waals surface area contributed by atoms with Gasteiger partial charge >= 0.3 is 0 Å². The summed E-state index contributed by atoms with van der Waals surface area (Å²) in [6.45, 7) is 0. The molecule has 0 amide bonds. The summed E-state index contributed by atoms with van der Waals surface area (Å²) in [5.41, 5.74) is 0. The fourth-order valence-corrected chi connectivity index (χ4v) is 2.20. The van der Waals surface area contributed by atoms with Gasteiger partial charge in [-0.05, 0) is 45.8 Å². The third-order valence-corrected chi connectivity index (χ3v) is 3.18. The predicted octanol–water partition coefficient (Wildman–Crippen LogP) is 5.07. The number of pyridine rings is 1. The van der Waals surface area contributed by atoms with Gasteiger partial charge in [0.15, 0.2) is 0 Å². The van der Waals surface area contributed by atoms with E-state index in [0.717, 1.165) is 0 Å². The Balaban J connectivity index is 0.000000170. The minimum Gasteiger partial charge on any atom is -0.265 e. The molecule has 0 fully saturated rings. The molecule has 0 N–H and O–H groups in total. The van der Waals surface area contributed by atoms with Gasteiger partial charge in [-0.1, -0.05) is 54.6 Å². The quantitative estimate of drug-likeness (QED) is 0.400. The minimum absolute atomic E-state index is 1.31. The Labute approximate surface area is 118 Å². The van der Waals surface area contributed by atoms with Gasteiger partial charge in [0.1, 0.15) is 0 Å². The third kappa shape index (κ3) is 2.83. The molecule has 4 aromatic rings. The Morgan fingerprint density at radius 1 is 0.450 bits per heavy atom. The van der Waals surface area contributed by atoms with Crippen molar-refractivity contribution < 1.29 is 0 Å². The van der Waals surface area contributed by atoms with Gasteiger partial charge in [0.2, 0.25) is 0 Å². The molecule has 4 rings (SSSR count). The third-order valence-electron chi connectivity index (χ3n) is 3.18. The van der Waals surface area contributed by atoms with Crippen LogP contribution in [0.2, 0.25) is 0 Å². The van der Waals surface area contributed by atoms with Gasteiger partial charge in [-0.25, -0.2) is 0 Å². The van der Waals surface area contributed by atoms with Gasteiger partial charge in [-0.2, -0.15) is 0 Å². The number of benzene rings is 3. The standard InChI is InChI=1S/C14H10.C5H5N/c1-2-6-12-10-14-8-4-3-7-13(14)9-11(12)5-1;1-2-4-6-5-3-1/h1-10H;1-5H. The molecular weight excluding hydrogens is 242 g/mol. The second-order valence-electron chi connectivity index (χ2n) is 4.57. The van der Waals surface area contributed by atoms with Crippen molar-refractivity contribution in [2.75, 3.05) is 0 Å². The van der Waals surface area contributed by atoms with Crippen molar-refractivity contribution in [3.63, 3.8) is 0 Å². The van der Waals surface area contributed by atoms with Crippen molar-refractivity contribution in [2.45, 2.75) is 0 Å². The van der Waals surface area contributed by atoms with Crippen molar-refractivity contribution in [3.8, 4) is 0 Å². The molecule has 3 aromatic carbocycles. The van der Waals surface area contributed by atoms with E-state index in [1.807, 2.05) is 18.2 Å². The molecule has 1 heteroatoms. The highest BCUT2D eigenvalue weighted by Crippen LogP contribution is 2.21. The molecule has 0 atom stereocenters. The molecule has 0 aliphatic rings. The highest BCUT2D eigenvalue weighted by atomic mass is 14.6. The summed E-state index contributed by atoms with van der Waals surface area (Å²) < 4.78 is 0.